The van der Waals surface area contributed by atoms with Crippen LogP contribution in [0.1, 0.15) is 0 Å². The second-order valence-electron chi connectivity index (χ2n) is 4.80. The van der Waals surface area contributed by atoms with Crippen LogP contribution in [-0.2, 0) is 0 Å². The van der Waals surface area contributed by atoms with Crippen molar-refractivity contribution in [2.45, 2.75) is 0 Å². The van der Waals surface area contributed by atoms with Gasteiger partial charge in [0, 0.05) is 12.1 Å². The molecule has 0 aliphatic rings. The smallest absolute Gasteiger partial charge is 0.238 e. The van der Waals surface area contributed by atoms with E-state index in [4.69, 9.17) is 9.15 Å². The molecule has 23 heavy (non-hydrogen) atoms. The van der Waals surface area contributed by atoms with E-state index in [-0.39, 0.29) is 39.5 Å². The summed E-state index contributed by atoms with van der Waals surface area (Å²) in [4.78, 5) is 12.3. The molecular weight excluding hydrogens is 304 g/mol. The Hall–Kier alpha value is -3.35. The van der Waals surface area contributed by atoms with Gasteiger partial charge in [0.15, 0.2) is 17.3 Å². The van der Waals surface area contributed by atoms with E-state index in [0.29, 0.717) is 0 Å². The minimum absolute atomic E-state index is 0.00896. The third kappa shape index (κ3) is 2.18. The molecule has 0 saturated heterocycles. The van der Waals surface area contributed by atoms with Crippen LogP contribution in [0.5, 0.6) is 28.7 Å². The summed E-state index contributed by atoms with van der Waals surface area (Å²) in [5, 5.41) is 39.0. The number of benzene rings is 2. The summed E-state index contributed by atoms with van der Waals surface area (Å²) in [6.45, 7) is 0. The van der Waals surface area contributed by atoms with E-state index < -0.39 is 16.9 Å². The van der Waals surface area contributed by atoms with Gasteiger partial charge in [-0.05, 0) is 12.1 Å². The quantitative estimate of drug-likeness (QED) is 0.572. The average Bonchev–Trinajstić information content (AvgIpc) is 2.50. The van der Waals surface area contributed by atoms with Crippen LogP contribution in [0.15, 0.2) is 39.5 Å². The number of aromatic hydroxyl groups is 4. The lowest BCUT2D eigenvalue weighted by Gasteiger charge is -2.11. The molecule has 0 radical (unpaired) electrons. The van der Waals surface area contributed by atoms with Gasteiger partial charge < -0.3 is 29.6 Å². The fraction of sp³-hybridized carbons (Fsp3) is 0.0625. The van der Waals surface area contributed by atoms with Gasteiger partial charge in [-0.2, -0.15) is 0 Å². The maximum Gasteiger partial charge on any atom is 0.238 e. The van der Waals surface area contributed by atoms with Crippen molar-refractivity contribution in [3.05, 3.63) is 40.6 Å². The molecule has 0 saturated carbocycles. The van der Waals surface area contributed by atoms with E-state index >= 15 is 0 Å². The lowest BCUT2D eigenvalue weighted by Crippen LogP contribution is -2.03. The molecule has 0 unspecified atom stereocenters. The third-order valence-corrected chi connectivity index (χ3v) is 3.38. The molecule has 1 aromatic heterocycles. The number of phenolic OH excluding ortho intramolecular Hbond substituents is 3. The molecule has 0 spiro atoms. The fourth-order valence-corrected chi connectivity index (χ4v) is 2.38. The van der Waals surface area contributed by atoms with Gasteiger partial charge >= 0.3 is 0 Å². The Morgan fingerprint density at radius 3 is 2.48 bits per heavy atom. The van der Waals surface area contributed by atoms with Gasteiger partial charge in [0.2, 0.25) is 11.2 Å². The van der Waals surface area contributed by atoms with Gasteiger partial charge in [-0.1, -0.05) is 6.07 Å². The Balaban J connectivity index is 2.43. The van der Waals surface area contributed by atoms with E-state index in [1.54, 1.807) is 0 Å². The monoisotopic (exact) mass is 316 g/mol. The highest BCUT2D eigenvalue weighted by molar-refractivity contribution is 5.89. The molecule has 2 aromatic carbocycles. The molecule has 0 aliphatic heterocycles. The first kappa shape index (κ1) is 14.6. The lowest BCUT2D eigenvalue weighted by molar-refractivity contribution is 0.372. The number of ether oxygens (including phenoxy) is 1. The number of para-hydroxylation sites is 1. The Kier molecular flexibility index (Phi) is 3.25. The highest BCUT2D eigenvalue weighted by atomic mass is 16.5. The third-order valence-electron chi connectivity index (χ3n) is 3.38. The Bertz CT molecular complexity index is 972. The summed E-state index contributed by atoms with van der Waals surface area (Å²) < 4.78 is 10.5. The second kappa shape index (κ2) is 5.13. The maximum atomic E-state index is 12.3. The summed E-state index contributed by atoms with van der Waals surface area (Å²) in [5.41, 5.74) is -0.846. The fourth-order valence-electron chi connectivity index (χ4n) is 2.38. The van der Waals surface area contributed by atoms with Gasteiger partial charge in [0.05, 0.1) is 12.7 Å². The maximum absolute atomic E-state index is 12.3. The van der Waals surface area contributed by atoms with Crippen molar-refractivity contribution in [1.82, 2.24) is 0 Å². The molecule has 0 atom stereocenters. The lowest BCUT2D eigenvalue weighted by atomic mass is 10.1. The van der Waals surface area contributed by atoms with E-state index in [2.05, 4.69) is 0 Å². The number of rotatable bonds is 2. The molecule has 4 N–H and O–H groups in total. The topological polar surface area (TPSA) is 120 Å². The van der Waals surface area contributed by atoms with Gasteiger partial charge in [0.25, 0.3) is 0 Å². The predicted octanol–water partition coefficient (Wildman–Crippen LogP) is 2.29. The van der Waals surface area contributed by atoms with E-state index in [0.717, 1.165) is 12.1 Å². The van der Waals surface area contributed by atoms with Crippen molar-refractivity contribution < 1.29 is 29.6 Å². The number of hydrogen-bond acceptors (Lipinski definition) is 7. The van der Waals surface area contributed by atoms with Crippen molar-refractivity contribution in [3.8, 4) is 40.1 Å². The summed E-state index contributed by atoms with van der Waals surface area (Å²) >= 11 is 0. The zero-order valence-corrected chi connectivity index (χ0v) is 11.9. The van der Waals surface area contributed by atoms with Gasteiger partial charge in [-0.15, -0.1) is 0 Å². The summed E-state index contributed by atoms with van der Waals surface area (Å²) in [6.07, 6.45) is 0. The molecule has 0 fully saturated rings. The number of phenols is 3. The van der Waals surface area contributed by atoms with E-state index in [1.807, 2.05) is 0 Å². The van der Waals surface area contributed by atoms with Crippen LogP contribution < -0.4 is 10.2 Å². The molecule has 118 valence electrons. The summed E-state index contributed by atoms with van der Waals surface area (Å²) in [5.74, 6) is -2.01. The highest BCUT2D eigenvalue weighted by Gasteiger charge is 2.22. The van der Waals surface area contributed by atoms with Crippen LogP contribution >= 0.6 is 0 Å². The normalized spacial score (nSPS) is 10.8. The van der Waals surface area contributed by atoms with E-state index in [9.17, 15) is 25.2 Å². The molecule has 1 heterocycles. The van der Waals surface area contributed by atoms with Crippen LogP contribution in [0.2, 0.25) is 0 Å². The Morgan fingerprint density at radius 1 is 1.04 bits per heavy atom. The molecule has 0 amide bonds. The average molecular weight is 316 g/mol. The zero-order chi connectivity index (χ0) is 16.7. The number of hydrogen-bond donors (Lipinski definition) is 4. The standard InChI is InChI=1S/C16H12O7/c1-22-15-8(3-2-4-9(15)18)16-14(21)13(20)12-10(19)5-7(17)6-11(12)23-16/h2-6,17-19,21H,1H3. The first-order valence-corrected chi connectivity index (χ1v) is 6.52. The summed E-state index contributed by atoms with van der Waals surface area (Å²) in [6, 6.07) is 6.43. The molecular formula is C16H12O7. The van der Waals surface area contributed by atoms with Crippen LogP contribution in [0.4, 0.5) is 0 Å². The number of fused-ring (bicyclic) bond motifs is 1. The SMILES string of the molecule is COc1c(O)cccc1-c1oc2cc(O)cc(O)c2c(=O)c1O. The van der Waals surface area contributed by atoms with Crippen LogP contribution in [0, 0.1) is 0 Å². The molecule has 3 rings (SSSR count). The van der Waals surface area contributed by atoms with Crippen molar-refractivity contribution in [2.75, 3.05) is 7.11 Å². The molecule has 7 heteroatoms. The van der Waals surface area contributed by atoms with E-state index in [1.165, 1.54) is 25.3 Å². The molecule has 7 nitrogen and oxygen atoms in total. The van der Waals surface area contributed by atoms with Gasteiger partial charge in [0.1, 0.15) is 22.5 Å². The molecule has 0 bridgehead atoms. The van der Waals surface area contributed by atoms with Gasteiger partial charge in [-0.25, -0.2) is 0 Å². The van der Waals surface area contributed by atoms with Crippen molar-refractivity contribution >= 4 is 11.0 Å². The van der Waals surface area contributed by atoms with Crippen LogP contribution in [-0.4, -0.2) is 27.5 Å². The highest BCUT2D eigenvalue weighted by Crippen LogP contribution is 2.42. The first-order valence-electron chi connectivity index (χ1n) is 6.52. The predicted molar refractivity (Wildman–Crippen MR) is 81.1 cm³/mol. The van der Waals surface area contributed by atoms with Gasteiger partial charge in [-0.3, -0.25) is 4.79 Å². The van der Waals surface area contributed by atoms with Crippen molar-refractivity contribution in [1.29, 1.82) is 0 Å². The minimum Gasteiger partial charge on any atom is -0.508 e. The molecule has 0 aliphatic carbocycles. The van der Waals surface area contributed by atoms with Crippen LogP contribution in [0.3, 0.4) is 0 Å². The van der Waals surface area contributed by atoms with Crippen LogP contribution in [0.25, 0.3) is 22.3 Å². The second-order valence-corrected chi connectivity index (χ2v) is 4.80. The Morgan fingerprint density at radius 2 is 1.78 bits per heavy atom. The van der Waals surface area contributed by atoms with Crippen molar-refractivity contribution in [3.63, 3.8) is 0 Å². The largest absolute Gasteiger partial charge is 0.508 e. The molecule has 3 aromatic rings. The first-order chi connectivity index (χ1) is 10.9. The Labute approximate surface area is 129 Å². The van der Waals surface area contributed by atoms with Crippen molar-refractivity contribution in [2.24, 2.45) is 0 Å². The minimum atomic E-state index is -0.871. The zero-order valence-electron chi connectivity index (χ0n) is 11.9. The number of methoxy groups -OCH3 is 1. The summed E-state index contributed by atoms with van der Waals surface area (Å²) in [7, 11) is 1.31.